The van der Waals surface area contributed by atoms with Gasteiger partial charge in [0.25, 0.3) is 0 Å². The second-order valence-electron chi connectivity index (χ2n) is 9.83. The van der Waals surface area contributed by atoms with Crippen molar-refractivity contribution < 1.29 is 9.18 Å². The molecule has 6 heterocycles. The molecule has 38 heavy (non-hydrogen) atoms. The van der Waals surface area contributed by atoms with Gasteiger partial charge in [0.05, 0.1) is 23.5 Å². The molecule has 11 heteroatoms. The lowest BCUT2D eigenvalue weighted by molar-refractivity contribution is 0.120. The van der Waals surface area contributed by atoms with Crippen LogP contribution in [0.3, 0.4) is 0 Å². The molecule has 10 nitrogen and oxygen atoms in total. The topological polar surface area (TPSA) is 98.6 Å². The molecule has 4 aromatic heterocycles. The highest BCUT2D eigenvalue weighted by Crippen LogP contribution is 2.32. The average Bonchev–Trinajstić information content (AvgIpc) is 3.59. The number of nitriles is 1. The summed E-state index contributed by atoms with van der Waals surface area (Å²) in [7, 11) is 1.87. The summed E-state index contributed by atoms with van der Waals surface area (Å²) in [5, 5.41) is 18.4. The van der Waals surface area contributed by atoms with Crippen molar-refractivity contribution in [3.63, 3.8) is 0 Å². The van der Waals surface area contributed by atoms with Crippen LogP contribution in [0, 0.1) is 11.3 Å². The number of pyridine rings is 2. The van der Waals surface area contributed by atoms with Gasteiger partial charge in [-0.3, -0.25) is 4.68 Å². The van der Waals surface area contributed by atoms with Crippen LogP contribution in [0.1, 0.15) is 18.4 Å². The van der Waals surface area contributed by atoms with E-state index in [-0.39, 0.29) is 6.03 Å². The number of amides is 2. The number of aryl methyl sites for hydroxylation is 1. The predicted molar refractivity (Wildman–Crippen MR) is 140 cm³/mol. The van der Waals surface area contributed by atoms with Gasteiger partial charge in [-0.2, -0.15) is 15.5 Å². The van der Waals surface area contributed by atoms with Gasteiger partial charge in [0, 0.05) is 87.2 Å². The fraction of sp³-hybridized carbons (Fsp3) is 0.370. The summed E-state index contributed by atoms with van der Waals surface area (Å²) in [6.45, 7) is 3.55. The van der Waals surface area contributed by atoms with E-state index in [0.717, 1.165) is 33.6 Å². The number of alkyl halides is 1. The lowest BCUT2D eigenvalue weighted by Gasteiger charge is -2.39. The highest BCUT2D eigenvalue weighted by Gasteiger charge is 2.29. The maximum absolute atomic E-state index is 13.4. The molecule has 2 saturated heterocycles. The summed E-state index contributed by atoms with van der Waals surface area (Å²) in [5.74, 6) is 0.840. The molecule has 0 aromatic carbocycles. The van der Waals surface area contributed by atoms with E-state index in [1.807, 2.05) is 48.7 Å². The van der Waals surface area contributed by atoms with Crippen molar-refractivity contribution >= 4 is 17.4 Å². The number of halogens is 1. The third-order valence-corrected chi connectivity index (χ3v) is 7.40. The van der Waals surface area contributed by atoms with Crippen LogP contribution in [0.25, 0.3) is 27.8 Å². The molecule has 2 amide bonds. The molecule has 0 radical (unpaired) electrons. The van der Waals surface area contributed by atoms with Gasteiger partial charge in [-0.15, -0.1) is 0 Å². The molecule has 0 atom stereocenters. The van der Waals surface area contributed by atoms with Crippen LogP contribution in [0.15, 0.2) is 49.2 Å². The summed E-state index contributed by atoms with van der Waals surface area (Å²) < 4.78 is 16.9. The van der Waals surface area contributed by atoms with Crippen molar-refractivity contribution in [3.8, 4) is 28.3 Å². The Morgan fingerprint density at radius 3 is 2.37 bits per heavy atom. The van der Waals surface area contributed by atoms with Gasteiger partial charge in [-0.25, -0.2) is 18.7 Å². The van der Waals surface area contributed by atoms with Crippen molar-refractivity contribution in [3.05, 3.63) is 54.7 Å². The number of likely N-dealkylation sites (tertiary alicyclic amines) is 1. The molecule has 0 spiro atoms. The number of piperazine rings is 1. The van der Waals surface area contributed by atoms with E-state index in [9.17, 15) is 14.4 Å². The Morgan fingerprint density at radius 2 is 1.71 bits per heavy atom. The summed E-state index contributed by atoms with van der Waals surface area (Å²) >= 11 is 0. The highest BCUT2D eigenvalue weighted by molar-refractivity contribution is 5.87. The number of hydrogen-bond acceptors (Lipinski definition) is 6. The molecule has 0 unspecified atom stereocenters. The first-order valence-electron chi connectivity index (χ1n) is 12.8. The summed E-state index contributed by atoms with van der Waals surface area (Å²) in [6, 6.07) is 8.28. The van der Waals surface area contributed by atoms with Crippen LogP contribution < -0.4 is 4.90 Å². The van der Waals surface area contributed by atoms with Crippen LogP contribution in [0.5, 0.6) is 0 Å². The second kappa shape index (κ2) is 9.78. The average molecular weight is 514 g/mol. The van der Waals surface area contributed by atoms with Crippen LogP contribution in [0.2, 0.25) is 0 Å². The molecule has 2 aliphatic rings. The Balaban J connectivity index is 1.21. The maximum Gasteiger partial charge on any atom is 0.320 e. The fourth-order valence-corrected chi connectivity index (χ4v) is 5.25. The maximum atomic E-state index is 13.4. The van der Waals surface area contributed by atoms with Crippen LogP contribution >= 0.6 is 0 Å². The lowest BCUT2D eigenvalue weighted by atomic mass is 10.0. The molecule has 0 saturated carbocycles. The van der Waals surface area contributed by atoms with Crippen LogP contribution in [-0.4, -0.2) is 85.6 Å². The first-order chi connectivity index (χ1) is 18.5. The van der Waals surface area contributed by atoms with Crippen molar-refractivity contribution in [2.24, 2.45) is 7.05 Å². The molecule has 2 aliphatic heterocycles. The summed E-state index contributed by atoms with van der Waals surface area (Å²) in [5.41, 5.74) is 4.87. The zero-order chi connectivity index (χ0) is 26.2. The number of piperidine rings is 1. The van der Waals surface area contributed by atoms with E-state index in [1.165, 1.54) is 0 Å². The Kier molecular flexibility index (Phi) is 6.15. The Morgan fingerprint density at radius 1 is 0.947 bits per heavy atom. The molecule has 194 valence electrons. The van der Waals surface area contributed by atoms with Gasteiger partial charge in [-0.1, -0.05) is 0 Å². The third-order valence-electron chi connectivity index (χ3n) is 7.40. The number of urea groups is 1. The molecule has 0 bridgehead atoms. The number of fused-ring (bicyclic) bond motifs is 1. The third kappa shape index (κ3) is 4.42. The van der Waals surface area contributed by atoms with Crippen LogP contribution in [-0.2, 0) is 7.05 Å². The van der Waals surface area contributed by atoms with Crippen molar-refractivity contribution in [2.75, 3.05) is 44.2 Å². The van der Waals surface area contributed by atoms with E-state index in [2.05, 4.69) is 21.2 Å². The Bertz CT molecular complexity index is 1500. The van der Waals surface area contributed by atoms with Crippen molar-refractivity contribution in [1.82, 2.24) is 34.2 Å². The zero-order valence-corrected chi connectivity index (χ0v) is 21.2. The molecule has 6 rings (SSSR count). The largest absolute Gasteiger partial charge is 0.353 e. The minimum Gasteiger partial charge on any atom is -0.353 e. The number of hydrogen-bond donors (Lipinski definition) is 0. The first-order valence-corrected chi connectivity index (χ1v) is 12.8. The molecular formula is C27H28FN9O. The van der Waals surface area contributed by atoms with E-state index in [0.29, 0.717) is 57.7 Å². The smallest absolute Gasteiger partial charge is 0.320 e. The Labute approximate surface area is 219 Å². The molecule has 4 aromatic rings. The van der Waals surface area contributed by atoms with Crippen molar-refractivity contribution in [1.29, 1.82) is 5.26 Å². The van der Waals surface area contributed by atoms with Crippen molar-refractivity contribution in [2.45, 2.75) is 19.0 Å². The van der Waals surface area contributed by atoms with E-state index in [4.69, 9.17) is 4.98 Å². The number of aromatic nitrogens is 5. The fourth-order valence-electron chi connectivity index (χ4n) is 5.25. The normalized spacial score (nSPS) is 16.7. The standard InChI is InChI=1S/C27H28FN9O/c1-33-17-22(16-31-33)20-12-24(26-21(13-29)15-32-37(26)18-20)19-2-3-25(30-14-19)34-8-10-36(11-9-34)27(38)35-6-4-23(28)5-7-35/h2-3,12,14-18,23H,4-11H2,1H3. The number of rotatable bonds is 3. The lowest BCUT2D eigenvalue weighted by Crippen LogP contribution is -2.54. The number of carbonyl (C=O) groups excluding carboxylic acids is 1. The second-order valence-corrected chi connectivity index (χ2v) is 9.83. The molecule has 0 N–H and O–H groups in total. The van der Waals surface area contributed by atoms with Gasteiger partial charge < -0.3 is 14.7 Å². The van der Waals surface area contributed by atoms with Gasteiger partial charge in [0.1, 0.15) is 18.1 Å². The van der Waals surface area contributed by atoms with Gasteiger partial charge in [0.15, 0.2) is 0 Å². The highest BCUT2D eigenvalue weighted by atomic mass is 19.1. The summed E-state index contributed by atoms with van der Waals surface area (Å²) in [4.78, 5) is 23.4. The van der Waals surface area contributed by atoms with E-state index in [1.54, 1.807) is 26.5 Å². The quantitative estimate of drug-likeness (QED) is 0.417. The SMILES string of the molecule is Cn1cc(-c2cc(-c3ccc(N4CCN(C(=O)N5CCC(F)CC5)CC4)nc3)c3c(C#N)cnn3c2)cn1. The monoisotopic (exact) mass is 513 g/mol. The van der Waals surface area contributed by atoms with E-state index >= 15 is 0 Å². The summed E-state index contributed by atoms with van der Waals surface area (Å²) in [6.07, 6.45) is 9.10. The van der Waals surface area contributed by atoms with Crippen LogP contribution in [0.4, 0.5) is 15.0 Å². The minimum atomic E-state index is -0.792. The molecule has 0 aliphatic carbocycles. The van der Waals surface area contributed by atoms with Gasteiger partial charge in [0.2, 0.25) is 0 Å². The molecular weight excluding hydrogens is 485 g/mol. The van der Waals surface area contributed by atoms with Gasteiger partial charge >= 0.3 is 6.03 Å². The first kappa shape index (κ1) is 23.9. The predicted octanol–water partition coefficient (Wildman–Crippen LogP) is 3.34. The Hall–Kier alpha value is -4.46. The molecule has 2 fully saturated rings. The van der Waals surface area contributed by atoms with Gasteiger partial charge in [-0.05, 0) is 31.0 Å². The van der Waals surface area contributed by atoms with E-state index < -0.39 is 6.17 Å². The number of anilines is 1. The zero-order valence-electron chi connectivity index (χ0n) is 21.2. The number of carbonyl (C=O) groups is 1. The number of nitrogens with zero attached hydrogens (tertiary/aromatic N) is 9. The minimum absolute atomic E-state index is 0.00600.